The summed E-state index contributed by atoms with van der Waals surface area (Å²) in [5.74, 6) is -0.910. The van der Waals surface area contributed by atoms with Crippen molar-refractivity contribution in [2.24, 2.45) is 0 Å². The van der Waals surface area contributed by atoms with Gasteiger partial charge in [-0.25, -0.2) is 9.59 Å². The van der Waals surface area contributed by atoms with Crippen LogP contribution in [0, 0.1) is 13.8 Å². The second-order valence-electron chi connectivity index (χ2n) is 7.63. The minimum Gasteiger partial charge on any atom is -0.461 e. The number of H-pyrrole nitrogens is 1. The van der Waals surface area contributed by atoms with Crippen molar-refractivity contribution < 1.29 is 32.3 Å². The van der Waals surface area contributed by atoms with Crippen molar-refractivity contribution in [1.29, 1.82) is 0 Å². The standard InChI is InChI=1S/C22H24F3N3O4/c1-4-32-20(30)19-12(2)18(13(3)26-19)17(29)11-28(16-9-10-16)21(31)27-15-7-5-14(6-8-15)22(23,24)25/h5-8,16,26H,4,9-11H2,1-3H3,(H,27,31). The highest BCUT2D eigenvalue weighted by Gasteiger charge is 2.35. The first-order chi connectivity index (χ1) is 15.0. The van der Waals surface area contributed by atoms with Crippen molar-refractivity contribution >= 4 is 23.5 Å². The van der Waals surface area contributed by atoms with E-state index >= 15 is 0 Å². The Morgan fingerprint density at radius 1 is 1.16 bits per heavy atom. The van der Waals surface area contributed by atoms with Gasteiger partial charge in [-0.3, -0.25) is 4.79 Å². The molecule has 0 aliphatic heterocycles. The highest BCUT2D eigenvalue weighted by atomic mass is 19.4. The summed E-state index contributed by atoms with van der Waals surface area (Å²) < 4.78 is 43.2. The molecule has 10 heteroatoms. The molecule has 1 fully saturated rings. The van der Waals surface area contributed by atoms with Crippen molar-refractivity contribution in [2.45, 2.75) is 45.8 Å². The number of hydrogen-bond donors (Lipinski definition) is 2. The Labute approximate surface area is 182 Å². The summed E-state index contributed by atoms with van der Waals surface area (Å²) in [5, 5.41) is 2.55. The van der Waals surface area contributed by atoms with E-state index in [1.54, 1.807) is 20.8 Å². The van der Waals surface area contributed by atoms with Crippen LogP contribution < -0.4 is 5.32 Å². The highest BCUT2D eigenvalue weighted by Crippen LogP contribution is 2.31. The molecule has 0 bridgehead atoms. The zero-order valence-corrected chi connectivity index (χ0v) is 17.9. The monoisotopic (exact) mass is 451 g/mol. The van der Waals surface area contributed by atoms with Gasteiger partial charge in [-0.1, -0.05) is 0 Å². The molecule has 2 aromatic rings. The fourth-order valence-electron chi connectivity index (χ4n) is 3.50. The summed E-state index contributed by atoms with van der Waals surface area (Å²) >= 11 is 0. The molecular weight excluding hydrogens is 427 g/mol. The Morgan fingerprint density at radius 3 is 2.31 bits per heavy atom. The lowest BCUT2D eigenvalue weighted by atomic mass is 10.1. The number of benzene rings is 1. The number of Topliss-reactive ketones (excluding diaryl/α,β-unsaturated/α-hetero) is 1. The van der Waals surface area contributed by atoms with Crippen LogP contribution in [-0.2, 0) is 10.9 Å². The second-order valence-corrected chi connectivity index (χ2v) is 7.63. The molecule has 0 radical (unpaired) electrons. The Hall–Kier alpha value is -3.30. The van der Waals surface area contributed by atoms with Gasteiger partial charge in [0.05, 0.1) is 18.7 Å². The van der Waals surface area contributed by atoms with E-state index in [-0.39, 0.29) is 36.4 Å². The summed E-state index contributed by atoms with van der Waals surface area (Å²) in [6.45, 7) is 4.94. The largest absolute Gasteiger partial charge is 0.461 e. The molecule has 3 rings (SSSR count). The summed E-state index contributed by atoms with van der Waals surface area (Å²) in [5.41, 5.74) is 0.834. The molecule has 2 amide bonds. The molecule has 0 atom stereocenters. The van der Waals surface area contributed by atoms with Crippen molar-refractivity contribution in [1.82, 2.24) is 9.88 Å². The fourth-order valence-corrected chi connectivity index (χ4v) is 3.50. The average molecular weight is 451 g/mol. The highest BCUT2D eigenvalue weighted by molar-refractivity contribution is 6.05. The number of nitrogens with zero attached hydrogens (tertiary/aromatic N) is 1. The molecule has 7 nitrogen and oxygen atoms in total. The number of aromatic amines is 1. The summed E-state index contributed by atoms with van der Waals surface area (Å²) in [4.78, 5) is 42.1. The van der Waals surface area contributed by atoms with Crippen LogP contribution in [0.3, 0.4) is 0 Å². The molecule has 1 saturated carbocycles. The minimum absolute atomic E-state index is 0.127. The molecule has 2 N–H and O–H groups in total. The number of ketones is 1. The molecule has 0 unspecified atom stereocenters. The van der Waals surface area contributed by atoms with E-state index in [2.05, 4.69) is 10.3 Å². The van der Waals surface area contributed by atoms with E-state index in [1.807, 2.05) is 0 Å². The lowest BCUT2D eigenvalue weighted by Gasteiger charge is -2.22. The number of aromatic nitrogens is 1. The fraction of sp³-hybridized carbons (Fsp3) is 0.409. The van der Waals surface area contributed by atoms with E-state index in [4.69, 9.17) is 4.74 Å². The van der Waals surface area contributed by atoms with Crippen LogP contribution in [-0.4, -0.2) is 46.9 Å². The summed E-state index contributed by atoms with van der Waals surface area (Å²) in [6, 6.07) is 3.39. The normalized spacial score (nSPS) is 13.6. The smallest absolute Gasteiger partial charge is 0.416 e. The number of aryl methyl sites for hydroxylation is 1. The number of carbonyl (C=O) groups is 3. The van der Waals surface area contributed by atoms with E-state index in [1.165, 1.54) is 17.0 Å². The van der Waals surface area contributed by atoms with Gasteiger partial charge in [0.25, 0.3) is 0 Å². The van der Waals surface area contributed by atoms with E-state index in [9.17, 15) is 27.6 Å². The molecule has 1 aromatic heterocycles. The van der Waals surface area contributed by atoms with E-state index in [0.29, 0.717) is 16.8 Å². The van der Waals surface area contributed by atoms with Gasteiger partial charge >= 0.3 is 18.2 Å². The van der Waals surface area contributed by atoms with Crippen molar-refractivity contribution in [3.8, 4) is 0 Å². The Balaban J connectivity index is 1.74. The number of esters is 1. The third-order valence-corrected chi connectivity index (χ3v) is 5.22. The van der Waals surface area contributed by atoms with Crippen LogP contribution >= 0.6 is 0 Å². The van der Waals surface area contributed by atoms with Gasteiger partial charge < -0.3 is 19.9 Å². The maximum atomic E-state index is 13.0. The predicted molar refractivity (Wildman–Crippen MR) is 111 cm³/mol. The molecule has 0 spiro atoms. The number of ether oxygens (including phenoxy) is 1. The molecule has 32 heavy (non-hydrogen) atoms. The van der Waals surface area contributed by atoms with Crippen LogP contribution in [0.4, 0.5) is 23.7 Å². The van der Waals surface area contributed by atoms with Gasteiger partial charge in [-0.05, 0) is 63.4 Å². The molecule has 0 saturated heterocycles. The van der Waals surface area contributed by atoms with Crippen LogP contribution in [0.5, 0.6) is 0 Å². The zero-order valence-electron chi connectivity index (χ0n) is 17.9. The van der Waals surface area contributed by atoms with E-state index < -0.39 is 23.7 Å². The molecule has 1 aliphatic carbocycles. The maximum absolute atomic E-state index is 13.0. The van der Waals surface area contributed by atoms with Gasteiger partial charge in [0.1, 0.15) is 5.69 Å². The summed E-state index contributed by atoms with van der Waals surface area (Å²) in [6.07, 6.45) is -3.01. The van der Waals surface area contributed by atoms with Crippen LogP contribution in [0.15, 0.2) is 24.3 Å². The topological polar surface area (TPSA) is 91.5 Å². The second kappa shape index (κ2) is 9.05. The van der Waals surface area contributed by atoms with Gasteiger partial charge in [0.15, 0.2) is 5.78 Å². The average Bonchev–Trinajstić information content (AvgIpc) is 3.50. The lowest BCUT2D eigenvalue weighted by Crippen LogP contribution is -2.40. The van der Waals surface area contributed by atoms with Crippen LogP contribution in [0.1, 0.15) is 57.4 Å². The first-order valence-corrected chi connectivity index (χ1v) is 10.2. The number of nitrogens with one attached hydrogen (secondary N) is 2. The third kappa shape index (κ3) is 5.12. The zero-order chi connectivity index (χ0) is 23.6. The number of carbonyl (C=O) groups excluding carboxylic acids is 3. The van der Waals surface area contributed by atoms with Crippen molar-refractivity contribution in [2.75, 3.05) is 18.5 Å². The number of anilines is 1. The summed E-state index contributed by atoms with van der Waals surface area (Å²) in [7, 11) is 0. The first kappa shape index (κ1) is 23.4. The number of amides is 2. The minimum atomic E-state index is -4.47. The van der Waals surface area contributed by atoms with Crippen molar-refractivity contribution in [3.63, 3.8) is 0 Å². The van der Waals surface area contributed by atoms with Gasteiger partial charge in [-0.2, -0.15) is 13.2 Å². The molecular formula is C22H24F3N3O4. The van der Waals surface area contributed by atoms with Crippen molar-refractivity contribution in [3.05, 3.63) is 52.3 Å². The van der Waals surface area contributed by atoms with Crippen LogP contribution in [0.25, 0.3) is 0 Å². The molecule has 1 aromatic carbocycles. The van der Waals surface area contributed by atoms with Gasteiger partial charge in [0, 0.05) is 23.0 Å². The number of urea groups is 1. The Kier molecular flexibility index (Phi) is 6.61. The lowest BCUT2D eigenvalue weighted by molar-refractivity contribution is -0.137. The Bertz CT molecular complexity index is 1020. The quantitative estimate of drug-likeness (QED) is 0.471. The number of hydrogen-bond acceptors (Lipinski definition) is 4. The molecule has 172 valence electrons. The molecule has 1 heterocycles. The number of rotatable bonds is 7. The number of halogens is 3. The maximum Gasteiger partial charge on any atom is 0.416 e. The Morgan fingerprint density at radius 2 is 1.78 bits per heavy atom. The number of alkyl halides is 3. The van der Waals surface area contributed by atoms with Crippen LogP contribution in [0.2, 0.25) is 0 Å². The SMILES string of the molecule is CCOC(=O)c1[nH]c(C)c(C(=O)CN(C(=O)Nc2ccc(C(F)(F)F)cc2)C2CC2)c1C. The van der Waals surface area contributed by atoms with Gasteiger partial charge in [0.2, 0.25) is 0 Å². The first-order valence-electron chi connectivity index (χ1n) is 10.2. The third-order valence-electron chi connectivity index (χ3n) is 5.22. The van der Waals surface area contributed by atoms with E-state index in [0.717, 1.165) is 25.0 Å². The predicted octanol–water partition coefficient (Wildman–Crippen LogP) is 4.71. The molecule has 1 aliphatic rings. The van der Waals surface area contributed by atoms with Gasteiger partial charge in [-0.15, -0.1) is 0 Å².